The molecular weight excluding hydrogens is 518 g/mol. The Morgan fingerprint density at radius 3 is 2.44 bits per heavy atom. The molecule has 3 amide bonds. The second kappa shape index (κ2) is 12.3. The maximum absolute atomic E-state index is 12.9. The topological polar surface area (TPSA) is 109 Å². The second-order valence-electron chi connectivity index (χ2n) is 11.3. The van der Waals surface area contributed by atoms with E-state index < -0.39 is 6.10 Å². The van der Waals surface area contributed by atoms with Gasteiger partial charge in [0.05, 0.1) is 19.1 Å². The van der Waals surface area contributed by atoms with Gasteiger partial charge >= 0.3 is 6.03 Å². The Morgan fingerprint density at radius 2 is 1.68 bits per heavy atom. The number of carbonyl (C=O) groups excluding carboxylic acids is 2. The van der Waals surface area contributed by atoms with Crippen LogP contribution in [0.5, 0.6) is 5.75 Å². The number of aliphatic hydroxyl groups is 1. The number of ether oxygens (including phenoxy) is 2. The summed E-state index contributed by atoms with van der Waals surface area (Å²) >= 11 is 0. The number of hydrogen-bond acceptors (Lipinski definition) is 5. The molecule has 1 saturated heterocycles. The largest absolute Gasteiger partial charge is 0.487 e. The number of rotatable bonds is 8. The van der Waals surface area contributed by atoms with Crippen molar-refractivity contribution in [3.05, 3.63) is 83.9 Å². The molecule has 3 aromatic carbocycles. The molecule has 2 aliphatic heterocycles. The quantitative estimate of drug-likeness (QED) is 0.309. The van der Waals surface area contributed by atoms with E-state index in [4.69, 9.17) is 9.47 Å². The van der Waals surface area contributed by atoms with Crippen molar-refractivity contribution in [3.63, 3.8) is 0 Å². The molecule has 8 nitrogen and oxygen atoms in total. The number of carbonyl (C=O) groups is 2. The first-order valence-corrected chi connectivity index (χ1v) is 14.6. The summed E-state index contributed by atoms with van der Waals surface area (Å²) in [6, 6.07) is 24.0. The molecule has 3 aliphatic rings. The first-order valence-electron chi connectivity index (χ1n) is 14.6. The average molecular weight is 556 g/mol. The molecular formula is C33H37N3O5. The minimum atomic E-state index is -0.536. The number of anilines is 1. The second-order valence-corrected chi connectivity index (χ2v) is 11.3. The van der Waals surface area contributed by atoms with Gasteiger partial charge in [-0.05, 0) is 54.2 Å². The van der Waals surface area contributed by atoms with Crippen LogP contribution in [0.3, 0.4) is 0 Å². The molecule has 41 heavy (non-hydrogen) atoms. The van der Waals surface area contributed by atoms with E-state index in [2.05, 4.69) is 40.2 Å². The number of nitrogens with one attached hydrogen (secondary N) is 3. The molecule has 1 aliphatic carbocycles. The van der Waals surface area contributed by atoms with Gasteiger partial charge in [0.25, 0.3) is 0 Å². The number of aliphatic hydroxyl groups excluding tert-OH is 1. The number of fused-ring (bicyclic) bond motifs is 3. The molecule has 3 aromatic rings. The van der Waals surface area contributed by atoms with Crippen LogP contribution in [0, 0.1) is 0 Å². The van der Waals surface area contributed by atoms with Crippen LogP contribution in [-0.2, 0) is 16.1 Å². The highest BCUT2D eigenvalue weighted by molar-refractivity contribution is 5.89. The molecule has 2 heterocycles. The van der Waals surface area contributed by atoms with Gasteiger partial charge in [0, 0.05) is 29.8 Å². The zero-order valence-corrected chi connectivity index (χ0v) is 23.1. The minimum Gasteiger partial charge on any atom is -0.487 e. The lowest BCUT2D eigenvalue weighted by atomic mass is 9.84. The predicted octanol–water partition coefficient (Wildman–Crippen LogP) is 5.12. The van der Waals surface area contributed by atoms with Crippen LogP contribution in [0.4, 0.5) is 10.5 Å². The van der Waals surface area contributed by atoms with Crippen molar-refractivity contribution in [2.45, 2.75) is 75.3 Å². The van der Waals surface area contributed by atoms with Crippen molar-refractivity contribution < 1.29 is 24.2 Å². The van der Waals surface area contributed by atoms with E-state index in [1.807, 2.05) is 48.5 Å². The van der Waals surface area contributed by atoms with Gasteiger partial charge in [0.2, 0.25) is 5.91 Å². The summed E-state index contributed by atoms with van der Waals surface area (Å²) in [6.45, 7) is 0.232. The van der Waals surface area contributed by atoms with Gasteiger partial charge in [-0.25, -0.2) is 4.79 Å². The lowest BCUT2D eigenvalue weighted by Crippen LogP contribution is -2.47. The third kappa shape index (κ3) is 6.39. The molecule has 0 radical (unpaired) electrons. The molecule has 6 rings (SSSR count). The van der Waals surface area contributed by atoms with E-state index in [0.717, 1.165) is 53.7 Å². The van der Waals surface area contributed by atoms with E-state index in [-0.39, 0.29) is 49.1 Å². The number of benzene rings is 3. The van der Waals surface area contributed by atoms with Crippen LogP contribution < -0.4 is 20.7 Å². The molecule has 0 bridgehead atoms. The summed E-state index contributed by atoms with van der Waals surface area (Å²) < 4.78 is 12.3. The zero-order valence-electron chi connectivity index (χ0n) is 23.1. The summed E-state index contributed by atoms with van der Waals surface area (Å²) in [6.07, 6.45) is 3.90. The summed E-state index contributed by atoms with van der Waals surface area (Å²) in [4.78, 5) is 25.4. The maximum atomic E-state index is 12.9. The van der Waals surface area contributed by atoms with Crippen molar-refractivity contribution in [1.82, 2.24) is 10.6 Å². The zero-order chi connectivity index (χ0) is 28.2. The van der Waals surface area contributed by atoms with E-state index in [0.29, 0.717) is 18.7 Å². The maximum Gasteiger partial charge on any atom is 0.319 e. The number of amides is 3. The monoisotopic (exact) mass is 555 g/mol. The first-order chi connectivity index (χ1) is 20.1. The Kier molecular flexibility index (Phi) is 8.21. The fourth-order valence-corrected chi connectivity index (χ4v) is 6.31. The van der Waals surface area contributed by atoms with E-state index in [9.17, 15) is 14.7 Å². The summed E-state index contributed by atoms with van der Waals surface area (Å²) in [5.41, 5.74) is 4.98. The Morgan fingerprint density at radius 1 is 0.927 bits per heavy atom. The van der Waals surface area contributed by atoms with Crippen molar-refractivity contribution in [2.24, 2.45) is 0 Å². The normalized spacial score (nSPS) is 23.2. The summed E-state index contributed by atoms with van der Waals surface area (Å²) in [7, 11) is 0. The van der Waals surface area contributed by atoms with Gasteiger partial charge < -0.3 is 30.5 Å². The van der Waals surface area contributed by atoms with Gasteiger partial charge in [-0.1, -0.05) is 67.4 Å². The molecule has 214 valence electrons. The van der Waals surface area contributed by atoms with E-state index in [1.54, 1.807) is 0 Å². The van der Waals surface area contributed by atoms with Crippen LogP contribution in [0.1, 0.15) is 55.6 Å². The highest BCUT2D eigenvalue weighted by atomic mass is 16.6. The summed E-state index contributed by atoms with van der Waals surface area (Å²) in [5.74, 6) is 0.585. The van der Waals surface area contributed by atoms with Gasteiger partial charge in [0.15, 0.2) is 0 Å². The Bertz CT molecular complexity index is 1360. The third-order valence-corrected chi connectivity index (χ3v) is 8.41. The molecule has 1 saturated carbocycles. The number of hydrogen-bond donors (Lipinski definition) is 4. The van der Waals surface area contributed by atoms with Gasteiger partial charge in [0.1, 0.15) is 18.0 Å². The van der Waals surface area contributed by atoms with Crippen LogP contribution in [0.25, 0.3) is 11.1 Å². The third-order valence-electron chi connectivity index (χ3n) is 8.41. The molecule has 4 N–H and O–H groups in total. The van der Waals surface area contributed by atoms with Crippen molar-refractivity contribution in [2.75, 3.05) is 11.9 Å². The van der Waals surface area contributed by atoms with Crippen LogP contribution in [0.2, 0.25) is 0 Å². The van der Waals surface area contributed by atoms with Crippen LogP contribution >= 0.6 is 0 Å². The lowest BCUT2D eigenvalue weighted by molar-refractivity contribution is -0.142. The Labute approximate surface area is 240 Å². The van der Waals surface area contributed by atoms with Crippen molar-refractivity contribution >= 4 is 17.6 Å². The van der Waals surface area contributed by atoms with Crippen molar-refractivity contribution in [3.8, 4) is 16.9 Å². The molecule has 4 atom stereocenters. The van der Waals surface area contributed by atoms with Crippen LogP contribution in [0.15, 0.2) is 72.8 Å². The molecule has 0 spiro atoms. The predicted molar refractivity (Wildman–Crippen MR) is 157 cm³/mol. The van der Waals surface area contributed by atoms with Crippen molar-refractivity contribution in [1.29, 1.82) is 0 Å². The van der Waals surface area contributed by atoms with E-state index in [1.165, 1.54) is 0 Å². The highest BCUT2D eigenvalue weighted by Gasteiger charge is 2.46. The SMILES string of the molecule is O=C(C[C@@H]1C[C@H]2c3cc(NC(=O)NC4CCCC4)ccc3O[C@H]2[C@H](CO)O1)NCc1ccc(-c2ccccc2)cc1. The highest BCUT2D eigenvalue weighted by Crippen LogP contribution is 2.47. The number of urea groups is 1. The first kappa shape index (κ1) is 27.3. The van der Waals surface area contributed by atoms with Gasteiger partial charge in [-0.3, -0.25) is 4.79 Å². The van der Waals surface area contributed by atoms with Crippen LogP contribution in [-0.4, -0.2) is 48.0 Å². The molecule has 0 unspecified atom stereocenters. The standard InChI is InChI=1S/C33H37N3O5/c37-20-30-32-28(27-16-25(14-15-29(27)41-32)36-33(39)35-24-8-4-5-9-24)17-26(40-30)18-31(38)34-19-21-10-12-23(13-11-21)22-6-2-1-3-7-22/h1-3,6-7,10-16,24,26,28,30,32,37H,4-5,8-9,17-20H2,(H,34,38)(H2,35,36,39)/t26-,28-,30-,32+/m0/s1. The molecule has 2 fully saturated rings. The molecule has 0 aromatic heterocycles. The lowest BCUT2D eigenvalue weighted by Gasteiger charge is -2.37. The Balaban J connectivity index is 1.05. The average Bonchev–Trinajstić information content (AvgIpc) is 3.64. The van der Waals surface area contributed by atoms with E-state index >= 15 is 0 Å². The van der Waals surface area contributed by atoms with Gasteiger partial charge in [-0.2, -0.15) is 0 Å². The fourth-order valence-electron chi connectivity index (χ4n) is 6.31. The smallest absolute Gasteiger partial charge is 0.319 e. The Hall–Kier alpha value is -3.88. The minimum absolute atomic E-state index is 0.0427. The fraction of sp³-hybridized carbons (Fsp3) is 0.394. The molecule has 8 heteroatoms. The summed E-state index contributed by atoms with van der Waals surface area (Å²) in [5, 5.41) is 19.1. The van der Waals surface area contributed by atoms with Gasteiger partial charge in [-0.15, -0.1) is 0 Å².